The highest BCUT2D eigenvalue weighted by atomic mass is 16.6. The van der Waals surface area contributed by atoms with Gasteiger partial charge < -0.3 is 10.4 Å². The van der Waals surface area contributed by atoms with Crippen LogP contribution in [-0.2, 0) is 10.4 Å². The summed E-state index contributed by atoms with van der Waals surface area (Å²) in [4.78, 5) is 22.6. The number of anilines is 1. The Morgan fingerprint density at radius 2 is 1.91 bits per heavy atom. The van der Waals surface area contributed by atoms with Gasteiger partial charge in [-0.25, -0.2) is 0 Å². The van der Waals surface area contributed by atoms with Crippen molar-refractivity contribution in [1.29, 1.82) is 0 Å². The molecule has 6 nitrogen and oxygen atoms in total. The minimum Gasteiger partial charge on any atom is -0.385 e. The fraction of sp³-hybridized carbons (Fsp3) is 0.235. The van der Waals surface area contributed by atoms with Crippen LogP contribution < -0.4 is 5.32 Å². The van der Waals surface area contributed by atoms with E-state index in [1.165, 1.54) is 6.07 Å². The summed E-state index contributed by atoms with van der Waals surface area (Å²) in [5.74, 6) is -0.419. The molecule has 0 aliphatic rings. The molecule has 0 saturated heterocycles. The second-order valence-corrected chi connectivity index (χ2v) is 5.62. The monoisotopic (exact) mass is 314 g/mol. The Labute approximate surface area is 133 Å². The molecule has 2 rings (SSSR count). The van der Waals surface area contributed by atoms with Gasteiger partial charge in [-0.15, -0.1) is 0 Å². The van der Waals surface area contributed by atoms with Crippen molar-refractivity contribution in [1.82, 2.24) is 0 Å². The van der Waals surface area contributed by atoms with Crippen molar-refractivity contribution in [2.45, 2.75) is 25.9 Å². The maximum absolute atomic E-state index is 12.1. The molecule has 0 fully saturated rings. The highest BCUT2D eigenvalue weighted by molar-refractivity contribution is 5.91. The van der Waals surface area contributed by atoms with Crippen molar-refractivity contribution in [2.24, 2.45) is 0 Å². The zero-order valence-electron chi connectivity index (χ0n) is 12.9. The summed E-state index contributed by atoms with van der Waals surface area (Å²) in [6.45, 7) is 3.18. The fourth-order valence-corrected chi connectivity index (χ4v) is 2.30. The average molecular weight is 314 g/mol. The predicted molar refractivity (Wildman–Crippen MR) is 87.1 cm³/mol. The number of amides is 1. The van der Waals surface area contributed by atoms with Crippen molar-refractivity contribution < 1.29 is 14.8 Å². The van der Waals surface area contributed by atoms with Gasteiger partial charge in [-0.2, -0.15) is 0 Å². The van der Waals surface area contributed by atoms with E-state index in [0.717, 1.165) is 0 Å². The summed E-state index contributed by atoms with van der Waals surface area (Å²) in [6, 6.07) is 13.3. The molecule has 1 atom stereocenters. The zero-order valence-corrected chi connectivity index (χ0v) is 12.9. The maximum Gasteiger partial charge on any atom is 0.274 e. The Bertz CT molecular complexity index is 727. The summed E-state index contributed by atoms with van der Waals surface area (Å²) in [5.41, 5.74) is 0.102. The van der Waals surface area contributed by atoms with Crippen LogP contribution in [0.15, 0.2) is 48.5 Å². The van der Waals surface area contributed by atoms with Gasteiger partial charge >= 0.3 is 0 Å². The molecule has 2 aromatic carbocycles. The summed E-state index contributed by atoms with van der Waals surface area (Å²) >= 11 is 0. The fourth-order valence-electron chi connectivity index (χ4n) is 2.30. The first kappa shape index (κ1) is 16.6. The normalized spacial score (nSPS) is 13.2. The first-order valence-electron chi connectivity index (χ1n) is 7.12. The Morgan fingerprint density at radius 1 is 1.26 bits per heavy atom. The Hall–Kier alpha value is -2.73. The number of aliphatic hydroxyl groups is 1. The van der Waals surface area contributed by atoms with Crippen molar-refractivity contribution in [2.75, 3.05) is 5.32 Å². The molecule has 0 aromatic heterocycles. The van der Waals surface area contributed by atoms with E-state index in [4.69, 9.17) is 0 Å². The number of hydrogen-bond acceptors (Lipinski definition) is 4. The van der Waals surface area contributed by atoms with Gasteiger partial charge in [0, 0.05) is 17.3 Å². The second-order valence-electron chi connectivity index (χ2n) is 5.62. The molecule has 23 heavy (non-hydrogen) atoms. The lowest BCUT2D eigenvalue weighted by Crippen LogP contribution is -2.28. The molecule has 2 aromatic rings. The molecular weight excluding hydrogens is 296 g/mol. The van der Waals surface area contributed by atoms with Crippen LogP contribution in [0.1, 0.15) is 24.5 Å². The van der Waals surface area contributed by atoms with E-state index in [0.29, 0.717) is 16.8 Å². The number of nitrogens with one attached hydrogen (secondary N) is 1. The quantitative estimate of drug-likeness (QED) is 0.655. The molecule has 0 aliphatic heterocycles. The number of aryl methyl sites for hydroxylation is 1. The highest BCUT2D eigenvalue weighted by Crippen LogP contribution is 2.26. The van der Waals surface area contributed by atoms with E-state index >= 15 is 0 Å². The van der Waals surface area contributed by atoms with E-state index < -0.39 is 16.4 Å². The van der Waals surface area contributed by atoms with Crippen molar-refractivity contribution >= 4 is 17.3 Å². The third kappa shape index (κ3) is 4.14. The van der Waals surface area contributed by atoms with E-state index in [1.807, 2.05) is 6.07 Å². The van der Waals surface area contributed by atoms with E-state index in [-0.39, 0.29) is 12.1 Å². The third-order valence-electron chi connectivity index (χ3n) is 3.59. The maximum atomic E-state index is 12.1. The number of nitrogens with zero attached hydrogens (tertiary/aromatic N) is 1. The largest absolute Gasteiger partial charge is 0.385 e. The minimum atomic E-state index is -1.32. The van der Waals surface area contributed by atoms with Crippen LogP contribution in [0.4, 0.5) is 11.4 Å². The van der Waals surface area contributed by atoms with E-state index in [2.05, 4.69) is 5.32 Å². The van der Waals surface area contributed by atoms with Crippen molar-refractivity contribution in [3.8, 4) is 0 Å². The van der Waals surface area contributed by atoms with Gasteiger partial charge in [0.05, 0.1) is 16.9 Å². The van der Waals surface area contributed by atoms with Gasteiger partial charge in [-0.3, -0.25) is 14.9 Å². The third-order valence-corrected chi connectivity index (χ3v) is 3.59. The Balaban J connectivity index is 2.11. The molecule has 0 spiro atoms. The van der Waals surface area contributed by atoms with Gasteiger partial charge in [0.25, 0.3) is 5.69 Å². The molecule has 0 heterocycles. The summed E-state index contributed by atoms with van der Waals surface area (Å²) in [5, 5.41) is 24.0. The van der Waals surface area contributed by atoms with Crippen molar-refractivity contribution in [3.05, 3.63) is 69.8 Å². The summed E-state index contributed by atoms with van der Waals surface area (Å²) in [7, 11) is 0. The molecule has 0 bridgehead atoms. The van der Waals surface area contributed by atoms with Gasteiger partial charge in [-0.1, -0.05) is 36.4 Å². The summed E-state index contributed by atoms with van der Waals surface area (Å²) < 4.78 is 0. The Morgan fingerprint density at radius 3 is 2.52 bits per heavy atom. The van der Waals surface area contributed by atoms with Gasteiger partial charge in [-0.05, 0) is 25.5 Å². The van der Waals surface area contributed by atoms with Gasteiger partial charge in [0.2, 0.25) is 5.91 Å². The zero-order chi connectivity index (χ0) is 17.0. The number of carbonyl (C=O) groups is 1. The Kier molecular flexibility index (Phi) is 4.76. The topological polar surface area (TPSA) is 92.5 Å². The number of hydrogen-bond donors (Lipinski definition) is 2. The van der Waals surface area contributed by atoms with Crippen LogP contribution in [0.3, 0.4) is 0 Å². The number of benzene rings is 2. The molecule has 6 heteroatoms. The predicted octanol–water partition coefficient (Wildman–Crippen LogP) is 3.14. The molecule has 0 saturated carbocycles. The van der Waals surface area contributed by atoms with Crippen LogP contribution in [0, 0.1) is 17.0 Å². The number of nitro benzene ring substituents is 1. The summed E-state index contributed by atoms with van der Waals surface area (Å²) in [6.07, 6.45) is -0.154. The molecule has 1 unspecified atom stereocenters. The first-order valence-corrected chi connectivity index (χ1v) is 7.12. The average Bonchev–Trinajstić information content (AvgIpc) is 2.49. The molecular formula is C17H18N2O4. The standard InChI is InChI=1S/C17H18N2O4/c1-12-8-9-14(10-15(12)19(22)23)18-16(20)11-17(2,21)13-6-4-3-5-7-13/h3-10,21H,11H2,1-2H3,(H,18,20). The lowest BCUT2D eigenvalue weighted by molar-refractivity contribution is -0.385. The van der Waals surface area contributed by atoms with Crippen LogP contribution in [-0.4, -0.2) is 15.9 Å². The van der Waals surface area contributed by atoms with Crippen LogP contribution in [0.25, 0.3) is 0 Å². The molecule has 1 amide bonds. The van der Waals surface area contributed by atoms with Gasteiger partial charge in [0.1, 0.15) is 0 Å². The van der Waals surface area contributed by atoms with E-state index in [9.17, 15) is 20.0 Å². The second kappa shape index (κ2) is 6.58. The lowest BCUT2D eigenvalue weighted by atomic mass is 9.92. The minimum absolute atomic E-state index is 0.0578. The molecule has 0 aliphatic carbocycles. The van der Waals surface area contributed by atoms with Gasteiger partial charge in [0.15, 0.2) is 0 Å². The highest BCUT2D eigenvalue weighted by Gasteiger charge is 2.26. The smallest absolute Gasteiger partial charge is 0.274 e. The lowest BCUT2D eigenvalue weighted by Gasteiger charge is -2.23. The molecule has 120 valence electrons. The number of rotatable bonds is 5. The van der Waals surface area contributed by atoms with Crippen LogP contribution >= 0.6 is 0 Å². The molecule has 2 N–H and O–H groups in total. The van der Waals surface area contributed by atoms with Crippen LogP contribution in [0.5, 0.6) is 0 Å². The van der Waals surface area contributed by atoms with Crippen molar-refractivity contribution in [3.63, 3.8) is 0 Å². The number of carbonyl (C=O) groups excluding carboxylic acids is 1. The van der Waals surface area contributed by atoms with Crippen LogP contribution in [0.2, 0.25) is 0 Å². The molecule has 0 radical (unpaired) electrons. The van der Waals surface area contributed by atoms with E-state index in [1.54, 1.807) is 50.2 Å². The SMILES string of the molecule is Cc1ccc(NC(=O)CC(C)(O)c2ccccc2)cc1[N+](=O)[O-]. The number of nitro groups is 1. The first-order chi connectivity index (χ1) is 10.8.